The molecule has 4 aromatic rings. The second kappa shape index (κ2) is 12.2. The van der Waals surface area contributed by atoms with Crippen molar-refractivity contribution in [2.75, 3.05) is 6.61 Å². The Balaban J connectivity index is 1.59. The van der Waals surface area contributed by atoms with Crippen LogP contribution in [0, 0.1) is 11.7 Å². The van der Waals surface area contributed by atoms with Crippen LogP contribution in [0.2, 0.25) is 5.04 Å². The molecule has 6 heteroatoms. The van der Waals surface area contributed by atoms with E-state index in [1.165, 1.54) is 22.5 Å². The van der Waals surface area contributed by atoms with Crippen molar-refractivity contribution in [3.05, 3.63) is 115 Å². The molecule has 0 spiro atoms. The maximum Gasteiger partial charge on any atom is 0.338 e. The van der Waals surface area contributed by atoms with Gasteiger partial charge in [-0.1, -0.05) is 113 Å². The zero-order valence-electron chi connectivity index (χ0n) is 23.7. The first kappa shape index (κ1) is 29.2. The number of aromatic carboxylic acids is 1. The minimum Gasteiger partial charge on any atom is -0.490 e. The van der Waals surface area contributed by atoms with Gasteiger partial charge in [0, 0.05) is 18.1 Å². The van der Waals surface area contributed by atoms with Gasteiger partial charge in [0.05, 0.1) is 5.56 Å². The predicted molar refractivity (Wildman–Crippen MR) is 162 cm³/mol. The van der Waals surface area contributed by atoms with Crippen LogP contribution in [-0.4, -0.2) is 32.1 Å². The third-order valence-electron chi connectivity index (χ3n) is 7.49. The highest BCUT2D eigenvalue weighted by molar-refractivity contribution is 6.99. The molecule has 0 unspecified atom stereocenters. The molecule has 2 atom stereocenters. The zero-order valence-corrected chi connectivity index (χ0v) is 24.7. The SMILES string of the molecule is C[C@@H](CO[Si](c1ccccc1)(c1ccccc1)C(C)(C)C)[C@@H](C)Oc1ccccc1-c1ccc(C(=O)O)c(F)c1. The van der Waals surface area contributed by atoms with Crippen LogP contribution in [0.1, 0.15) is 45.0 Å². The van der Waals surface area contributed by atoms with E-state index >= 15 is 0 Å². The number of carbonyl (C=O) groups is 1. The lowest BCUT2D eigenvalue weighted by Gasteiger charge is -2.43. The lowest BCUT2D eigenvalue weighted by molar-refractivity contribution is 0.0692. The third kappa shape index (κ3) is 6.03. The van der Waals surface area contributed by atoms with Gasteiger partial charge in [0.15, 0.2) is 0 Å². The number of para-hydroxylation sites is 1. The Kier molecular flexibility index (Phi) is 8.91. The van der Waals surface area contributed by atoms with E-state index in [9.17, 15) is 14.3 Å². The fourth-order valence-electron chi connectivity index (χ4n) is 5.13. The minimum atomic E-state index is -2.68. The highest BCUT2D eigenvalue weighted by Gasteiger charge is 2.50. The quantitative estimate of drug-likeness (QED) is 0.210. The third-order valence-corrected chi connectivity index (χ3v) is 12.5. The maximum atomic E-state index is 14.5. The van der Waals surface area contributed by atoms with Crippen molar-refractivity contribution in [1.82, 2.24) is 0 Å². The predicted octanol–water partition coefficient (Wildman–Crippen LogP) is 7.17. The summed E-state index contributed by atoms with van der Waals surface area (Å²) in [7, 11) is -2.68. The smallest absolute Gasteiger partial charge is 0.338 e. The molecule has 1 N–H and O–H groups in total. The summed E-state index contributed by atoms with van der Waals surface area (Å²) in [5, 5.41) is 11.5. The van der Waals surface area contributed by atoms with Gasteiger partial charge in [0.1, 0.15) is 17.7 Å². The van der Waals surface area contributed by atoms with Crippen LogP contribution < -0.4 is 15.1 Å². The molecule has 0 saturated heterocycles. The Hall–Kier alpha value is -3.74. The van der Waals surface area contributed by atoms with E-state index in [0.29, 0.717) is 23.5 Å². The Morgan fingerprint density at radius 3 is 1.93 bits per heavy atom. The van der Waals surface area contributed by atoms with Crippen LogP contribution in [0.25, 0.3) is 11.1 Å². The lowest BCUT2D eigenvalue weighted by Crippen LogP contribution is -2.67. The number of benzene rings is 4. The molecule has 0 amide bonds. The van der Waals surface area contributed by atoms with Gasteiger partial charge in [-0.15, -0.1) is 0 Å². The lowest BCUT2D eigenvalue weighted by atomic mass is 10.0. The number of hydrogen-bond acceptors (Lipinski definition) is 3. The molecule has 0 aliphatic carbocycles. The van der Waals surface area contributed by atoms with Crippen LogP contribution >= 0.6 is 0 Å². The van der Waals surface area contributed by atoms with Crippen molar-refractivity contribution >= 4 is 24.7 Å². The highest BCUT2D eigenvalue weighted by atomic mass is 28.4. The summed E-state index contributed by atoms with van der Waals surface area (Å²) in [5.74, 6) is -1.42. The van der Waals surface area contributed by atoms with E-state index in [2.05, 4.69) is 76.2 Å². The van der Waals surface area contributed by atoms with Crippen LogP contribution in [0.5, 0.6) is 5.75 Å². The van der Waals surface area contributed by atoms with E-state index in [4.69, 9.17) is 9.16 Å². The molecule has 0 bridgehead atoms. The normalized spacial score (nSPS) is 13.4. The number of hydrogen-bond donors (Lipinski definition) is 1. The van der Waals surface area contributed by atoms with Crippen LogP contribution in [0.4, 0.5) is 4.39 Å². The van der Waals surface area contributed by atoms with Gasteiger partial charge < -0.3 is 14.3 Å². The van der Waals surface area contributed by atoms with Gasteiger partial charge in [0.25, 0.3) is 8.32 Å². The summed E-state index contributed by atoms with van der Waals surface area (Å²) in [6.45, 7) is 11.4. The molecule has 0 radical (unpaired) electrons. The van der Waals surface area contributed by atoms with E-state index in [0.717, 1.165) is 0 Å². The fraction of sp³-hybridized carbons (Fsp3) is 0.265. The van der Waals surface area contributed by atoms with Gasteiger partial charge in [-0.25, -0.2) is 9.18 Å². The van der Waals surface area contributed by atoms with Gasteiger partial charge in [-0.3, -0.25) is 0 Å². The van der Waals surface area contributed by atoms with Crippen molar-refractivity contribution in [3.8, 4) is 16.9 Å². The van der Waals surface area contributed by atoms with E-state index in [1.807, 2.05) is 43.3 Å². The van der Waals surface area contributed by atoms with Gasteiger partial charge in [-0.05, 0) is 46.1 Å². The van der Waals surface area contributed by atoms with E-state index in [-0.39, 0.29) is 22.6 Å². The standard InChI is InChI=1S/C34H37FO4Si/c1-24(23-38-40(34(3,4)5,27-14-8-6-9-15-27)28-16-10-7-11-17-28)25(2)39-32-19-13-12-18-29(32)26-20-21-30(33(36)37)31(35)22-26/h6-22,24-25H,23H2,1-5H3,(H,36,37)/t24-,25+/m0/s1. The van der Waals surface area contributed by atoms with Crippen molar-refractivity contribution in [1.29, 1.82) is 0 Å². The van der Waals surface area contributed by atoms with Crippen molar-refractivity contribution in [2.24, 2.45) is 5.92 Å². The second-order valence-electron chi connectivity index (χ2n) is 11.3. The Bertz CT molecular complexity index is 1390. The molecule has 0 fully saturated rings. The monoisotopic (exact) mass is 556 g/mol. The molecule has 0 aliphatic heterocycles. The summed E-state index contributed by atoms with van der Waals surface area (Å²) >= 11 is 0. The molecular weight excluding hydrogens is 519 g/mol. The van der Waals surface area contributed by atoms with Gasteiger partial charge >= 0.3 is 5.97 Å². The molecule has 0 heterocycles. The largest absolute Gasteiger partial charge is 0.490 e. The zero-order chi connectivity index (χ0) is 28.9. The fourth-order valence-corrected chi connectivity index (χ4v) is 9.80. The van der Waals surface area contributed by atoms with Crippen LogP contribution in [0.15, 0.2) is 103 Å². The van der Waals surface area contributed by atoms with Gasteiger partial charge in [-0.2, -0.15) is 0 Å². The number of carboxylic acids is 1. The number of rotatable bonds is 10. The van der Waals surface area contributed by atoms with Crippen molar-refractivity contribution in [2.45, 2.75) is 45.8 Å². The molecule has 4 rings (SSSR count). The van der Waals surface area contributed by atoms with Crippen LogP contribution in [-0.2, 0) is 4.43 Å². The average Bonchev–Trinajstić information content (AvgIpc) is 2.93. The van der Waals surface area contributed by atoms with Crippen molar-refractivity contribution < 1.29 is 23.5 Å². The minimum absolute atomic E-state index is 0.0424. The van der Waals surface area contributed by atoms with Gasteiger partial charge in [0.2, 0.25) is 0 Å². The Morgan fingerprint density at radius 1 is 0.850 bits per heavy atom. The summed E-state index contributed by atoms with van der Waals surface area (Å²) in [6.07, 6.45) is -0.206. The first-order chi connectivity index (χ1) is 19.0. The summed E-state index contributed by atoms with van der Waals surface area (Å²) in [4.78, 5) is 11.3. The Morgan fingerprint density at radius 2 is 1.40 bits per heavy atom. The summed E-state index contributed by atoms with van der Waals surface area (Å²) < 4.78 is 28.0. The summed E-state index contributed by atoms with van der Waals surface area (Å²) in [6, 6.07) is 32.7. The maximum absolute atomic E-state index is 14.5. The topological polar surface area (TPSA) is 55.8 Å². The molecule has 40 heavy (non-hydrogen) atoms. The average molecular weight is 557 g/mol. The number of ether oxygens (including phenoxy) is 1. The number of halogens is 1. The molecule has 208 valence electrons. The molecule has 0 aliphatic rings. The van der Waals surface area contributed by atoms with Crippen LogP contribution in [0.3, 0.4) is 0 Å². The molecule has 4 nitrogen and oxygen atoms in total. The number of carboxylic acid groups (broad SMARTS) is 1. The molecular formula is C34H37FO4Si. The Labute approximate surface area is 237 Å². The molecule has 0 aromatic heterocycles. The van der Waals surface area contributed by atoms with Crippen molar-refractivity contribution in [3.63, 3.8) is 0 Å². The van der Waals surface area contributed by atoms with E-state index < -0.39 is 20.1 Å². The highest BCUT2D eigenvalue weighted by Crippen LogP contribution is 2.37. The first-order valence-electron chi connectivity index (χ1n) is 13.6. The molecule has 0 saturated carbocycles. The van der Waals surface area contributed by atoms with E-state index in [1.54, 1.807) is 6.07 Å². The first-order valence-corrected chi connectivity index (χ1v) is 15.5. The summed E-state index contributed by atoms with van der Waals surface area (Å²) in [5.41, 5.74) is 0.899. The molecule has 4 aromatic carbocycles. The second-order valence-corrected chi connectivity index (χ2v) is 15.6.